The summed E-state index contributed by atoms with van der Waals surface area (Å²) in [6.45, 7) is 2.90. The molecule has 2 heterocycles. The van der Waals surface area contributed by atoms with E-state index in [2.05, 4.69) is 5.10 Å². The molecule has 0 aromatic carbocycles. The van der Waals surface area contributed by atoms with Gasteiger partial charge < -0.3 is 9.64 Å². The minimum absolute atomic E-state index is 0.0820. The van der Waals surface area contributed by atoms with Crippen molar-refractivity contribution in [3.8, 4) is 0 Å². The van der Waals surface area contributed by atoms with E-state index in [-0.39, 0.29) is 18.4 Å². The van der Waals surface area contributed by atoms with E-state index in [0.29, 0.717) is 19.6 Å². The van der Waals surface area contributed by atoms with Crippen LogP contribution in [0.25, 0.3) is 0 Å². The van der Waals surface area contributed by atoms with Gasteiger partial charge in [0, 0.05) is 18.9 Å². The van der Waals surface area contributed by atoms with Crippen LogP contribution in [0.5, 0.6) is 0 Å². The summed E-state index contributed by atoms with van der Waals surface area (Å²) in [6, 6.07) is 1.34. The highest BCUT2D eigenvalue weighted by molar-refractivity contribution is 5.84. The molecular weight excluding hydrogens is 246 g/mol. The molecule has 104 valence electrons. The van der Waals surface area contributed by atoms with Crippen molar-refractivity contribution in [2.45, 2.75) is 38.8 Å². The second-order valence-corrected chi connectivity index (χ2v) is 4.55. The molecule has 2 rings (SSSR count). The molecule has 1 atom stereocenters. The molecule has 1 aromatic rings. The topological polar surface area (TPSA) is 64.4 Å². The smallest absolute Gasteiger partial charge is 0.328 e. The predicted molar refractivity (Wildman–Crippen MR) is 68.2 cm³/mol. The molecule has 6 nitrogen and oxygen atoms in total. The first-order valence-corrected chi connectivity index (χ1v) is 6.66. The van der Waals surface area contributed by atoms with Gasteiger partial charge in [0.1, 0.15) is 12.6 Å². The van der Waals surface area contributed by atoms with Crippen molar-refractivity contribution in [3.63, 3.8) is 0 Å². The highest BCUT2D eigenvalue weighted by atomic mass is 16.5. The van der Waals surface area contributed by atoms with Gasteiger partial charge in [0.25, 0.3) is 0 Å². The van der Waals surface area contributed by atoms with E-state index in [1.54, 1.807) is 35.0 Å². The SMILES string of the molecule is CCOC(=O)C1CCCCN1C(=O)Cn1cccn1. The van der Waals surface area contributed by atoms with Crippen LogP contribution in [-0.4, -0.2) is 45.8 Å². The zero-order chi connectivity index (χ0) is 13.7. The third kappa shape index (κ3) is 3.33. The van der Waals surface area contributed by atoms with Crippen molar-refractivity contribution >= 4 is 11.9 Å². The minimum Gasteiger partial charge on any atom is -0.464 e. The number of hydrogen-bond acceptors (Lipinski definition) is 4. The van der Waals surface area contributed by atoms with Crippen LogP contribution in [0.2, 0.25) is 0 Å². The van der Waals surface area contributed by atoms with E-state index >= 15 is 0 Å². The van der Waals surface area contributed by atoms with Crippen molar-refractivity contribution in [2.75, 3.05) is 13.2 Å². The number of amides is 1. The molecule has 1 amide bonds. The van der Waals surface area contributed by atoms with Gasteiger partial charge in [0.2, 0.25) is 5.91 Å². The summed E-state index contributed by atoms with van der Waals surface area (Å²) in [4.78, 5) is 25.7. The molecule has 19 heavy (non-hydrogen) atoms. The predicted octanol–water partition coefficient (Wildman–Crippen LogP) is 0.827. The molecule has 1 fully saturated rings. The number of esters is 1. The lowest BCUT2D eigenvalue weighted by Gasteiger charge is -2.34. The molecule has 0 saturated carbocycles. The number of ether oxygens (including phenoxy) is 1. The van der Waals surface area contributed by atoms with Gasteiger partial charge in [-0.25, -0.2) is 4.79 Å². The van der Waals surface area contributed by atoms with Gasteiger partial charge in [-0.05, 0) is 32.3 Å². The molecule has 6 heteroatoms. The normalized spacial score (nSPS) is 19.2. The van der Waals surface area contributed by atoms with E-state index < -0.39 is 6.04 Å². The number of carbonyl (C=O) groups excluding carboxylic acids is 2. The van der Waals surface area contributed by atoms with E-state index in [1.807, 2.05) is 0 Å². The summed E-state index contributed by atoms with van der Waals surface area (Å²) in [6.07, 6.45) is 5.94. The van der Waals surface area contributed by atoms with Crippen LogP contribution >= 0.6 is 0 Å². The molecule has 1 unspecified atom stereocenters. The van der Waals surface area contributed by atoms with Crippen molar-refractivity contribution in [3.05, 3.63) is 18.5 Å². The first-order valence-electron chi connectivity index (χ1n) is 6.66. The standard InChI is InChI=1S/C13H19N3O3/c1-2-19-13(18)11-6-3-4-9-16(11)12(17)10-15-8-5-7-14-15/h5,7-8,11H,2-4,6,9-10H2,1H3. The van der Waals surface area contributed by atoms with Crippen molar-refractivity contribution < 1.29 is 14.3 Å². The fourth-order valence-electron chi connectivity index (χ4n) is 2.34. The van der Waals surface area contributed by atoms with Gasteiger partial charge in [-0.3, -0.25) is 9.48 Å². The van der Waals surface area contributed by atoms with Crippen LogP contribution in [0.1, 0.15) is 26.2 Å². The largest absolute Gasteiger partial charge is 0.464 e. The van der Waals surface area contributed by atoms with Crippen LogP contribution in [0, 0.1) is 0 Å². The van der Waals surface area contributed by atoms with Crippen LogP contribution in [0.3, 0.4) is 0 Å². The lowest BCUT2D eigenvalue weighted by atomic mass is 10.0. The summed E-state index contributed by atoms with van der Waals surface area (Å²) in [5.74, 6) is -0.377. The van der Waals surface area contributed by atoms with Crippen molar-refractivity contribution in [1.29, 1.82) is 0 Å². The molecule has 0 aliphatic carbocycles. The maximum absolute atomic E-state index is 12.2. The summed E-state index contributed by atoms with van der Waals surface area (Å²) >= 11 is 0. The average Bonchev–Trinajstić information content (AvgIpc) is 2.92. The Balaban J connectivity index is 2.02. The Morgan fingerprint density at radius 3 is 2.95 bits per heavy atom. The number of rotatable bonds is 4. The van der Waals surface area contributed by atoms with Crippen LogP contribution in [0.4, 0.5) is 0 Å². The van der Waals surface area contributed by atoms with Gasteiger partial charge in [0.05, 0.1) is 6.61 Å². The molecule has 0 N–H and O–H groups in total. The molecule has 0 bridgehead atoms. The molecule has 0 radical (unpaired) electrons. The Morgan fingerprint density at radius 1 is 1.42 bits per heavy atom. The van der Waals surface area contributed by atoms with Crippen molar-refractivity contribution in [1.82, 2.24) is 14.7 Å². The highest BCUT2D eigenvalue weighted by Gasteiger charge is 2.33. The Kier molecular flexibility index (Phi) is 4.54. The maximum atomic E-state index is 12.2. The van der Waals surface area contributed by atoms with Gasteiger partial charge in [-0.1, -0.05) is 0 Å². The van der Waals surface area contributed by atoms with Gasteiger partial charge in [-0.15, -0.1) is 0 Å². The minimum atomic E-state index is -0.434. The van der Waals surface area contributed by atoms with Crippen molar-refractivity contribution in [2.24, 2.45) is 0 Å². The Hall–Kier alpha value is -1.85. The molecule has 0 spiro atoms. The number of nitrogens with zero attached hydrogens (tertiary/aromatic N) is 3. The molecule has 1 aromatic heterocycles. The van der Waals surface area contributed by atoms with Gasteiger partial charge in [-0.2, -0.15) is 5.10 Å². The summed E-state index contributed by atoms with van der Waals surface area (Å²) in [5.41, 5.74) is 0. The van der Waals surface area contributed by atoms with Crippen LogP contribution < -0.4 is 0 Å². The van der Waals surface area contributed by atoms with E-state index in [0.717, 1.165) is 12.8 Å². The fourth-order valence-corrected chi connectivity index (χ4v) is 2.34. The third-order valence-electron chi connectivity index (χ3n) is 3.24. The highest BCUT2D eigenvalue weighted by Crippen LogP contribution is 2.18. The van der Waals surface area contributed by atoms with Gasteiger partial charge >= 0.3 is 5.97 Å². The maximum Gasteiger partial charge on any atom is 0.328 e. The monoisotopic (exact) mass is 265 g/mol. The first-order chi connectivity index (χ1) is 9.22. The van der Waals surface area contributed by atoms with E-state index in [9.17, 15) is 9.59 Å². The summed E-state index contributed by atoms with van der Waals surface area (Å²) in [5, 5.41) is 4.01. The second kappa shape index (κ2) is 6.36. The Morgan fingerprint density at radius 2 is 2.26 bits per heavy atom. The van der Waals surface area contributed by atoms with Crippen LogP contribution in [-0.2, 0) is 20.9 Å². The quantitative estimate of drug-likeness (QED) is 0.756. The lowest BCUT2D eigenvalue weighted by Crippen LogP contribution is -2.49. The summed E-state index contributed by atoms with van der Waals surface area (Å²) in [7, 11) is 0. The van der Waals surface area contributed by atoms with E-state index in [4.69, 9.17) is 4.74 Å². The number of carbonyl (C=O) groups is 2. The summed E-state index contributed by atoms with van der Waals surface area (Å²) < 4.78 is 6.61. The molecule has 1 aliphatic rings. The number of aromatic nitrogens is 2. The number of piperidine rings is 1. The molecular formula is C13H19N3O3. The van der Waals surface area contributed by atoms with Crippen LogP contribution in [0.15, 0.2) is 18.5 Å². The Bertz CT molecular complexity index is 430. The third-order valence-corrected chi connectivity index (χ3v) is 3.24. The molecule has 1 aliphatic heterocycles. The fraction of sp³-hybridized carbons (Fsp3) is 0.615. The van der Waals surface area contributed by atoms with E-state index in [1.165, 1.54) is 0 Å². The second-order valence-electron chi connectivity index (χ2n) is 4.55. The zero-order valence-electron chi connectivity index (χ0n) is 11.1. The zero-order valence-corrected chi connectivity index (χ0v) is 11.1. The number of hydrogen-bond donors (Lipinski definition) is 0. The lowest BCUT2D eigenvalue weighted by molar-refractivity contribution is -0.156. The van der Waals surface area contributed by atoms with Gasteiger partial charge in [0.15, 0.2) is 0 Å². The number of likely N-dealkylation sites (tertiary alicyclic amines) is 1. The molecule has 1 saturated heterocycles. The first kappa shape index (κ1) is 13.6. The Labute approximate surface area is 112 Å². The average molecular weight is 265 g/mol.